The smallest absolute Gasteiger partial charge is 0.336 e. The standard InChI is InChI=1S/C17H16O5S/c18-13(9-20-11-15-2-1-7-23-15)10-21-14-5-3-12-4-6-17(19)22-16(12)8-14/h1-8,13,18H,9-11H2/t13-/m1/s1. The van der Waals surface area contributed by atoms with E-state index < -0.39 is 11.7 Å². The zero-order valence-corrected chi connectivity index (χ0v) is 13.1. The second-order valence-electron chi connectivity index (χ2n) is 5.01. The minimum absolute atomic E-state index is 0.104. The maximum Gasteiger partial charge on any atom is 0.336 e. The lowest BCUT2D eigenvalue weighted by molar-refractivity contribution is 0.00626. The van der Waals surface area contributed by atoms with E-state index in [2.05, 4.69) is 0 Å². The molecule has 0 amide bonds. The highest BCUT2D eigenvalue weighted by Gasteiger charge is 2.07. The summed E-state index contributed by atoms with van der Waals surface area (Å²) in [5.41, 5.74) is 0.0510. The fourth-order valence-corrected chi connectivity index (χ4v) is 2.70. The molecule has 2 heterocycles. The van der Waals surface area contributed by atoms with Crippen molar-refractivity contribution in [1.29, 1.82) is 0 Å². The first-order valence-corrected chi connectivity index (χ1v) is 8.03. The van der Waals surface area contributed by atoms with E-state index in [1.165, 1.54) is 6.07 Å². The predicted octanol–water partition coefficient (Wildman–Crippen LogP) is 2.81. The molecule has 5 nitrogen and oxygen atoms in total. The summed E-state index contributed by atoms with van der Waals surface area (Å²) in [6.45, 7) is 0.781. The predicted molar refractivity (Wildman–Crippen MR) is 88.0 cm³/mol. The van der Waals surface area contributed by atoms with Crippen molar-refractivity contribution >= 4 is 22.3 Å². The maximum atomic E-state index is 11.2. The lowest BCUT2D eigenvalue weighted by Crippen LogP contribution is -2.23. The zero-order chi connectivity index (χ0) is 16.1. The van der Waals surface area contributed by atoms with Gasteiger partial charge in [-0.2, -0.15) is 0 Å². The topological polar surface area (TPSA) is 68.9 Å². The van der Waals surface area contributed by atoms with Crippen LogP contribution in [0.2, 0.25) is 0 Å². The van der Waals surface area contributed by atoms with Crippen LogP contribution in [0.3, 0.4) is 0 Å². The summed E-state index contributed by atoms with van der Waals surface area (Å²) in [4.78, 5) is 12.3. The molecule has 0 aliphatic heterocycles. The number of aliphatic hydroxyl groups is 1. The molecule has 6 heteroatoms. The highest BCUT2D eigenvalue weighted by atomic mass is 32.1. The molecule has 0 bridgehead atoms. The normalized spacial score (nSPS) is 12.4. The number of aliphatic hydroxyl groups excluding tert-OH is 1. The molecule has 0 radical (unpaired) electrons. The molecular weight excluding hydrogens is 316 g/mol. The lowest BCUT2D eigenvalue weighted by Gasteiger charge is -2.12. The average Bonchev–Trinajstić information content (AvgIpc) is 3.06. The summed E-state index contributed by atoms with van der Waals surface area (Å²) in [7, 11) is 0. The van der Waals surface area contributed by atoms with E-state index in [9.17, 15) is 9.90 Å². The van der Waals surface area contributed by atoms with E-state index in [0.29, 0.717) is 17.9 Å². The minimum atomic E-state index is -0.728. The molecule has 120 valence electrons. The molecule has 0 unspecified atom stereocenters. The van der Waals surface area contributed by atoms with Crippen molar-refractivity contribution in [2.75, 3.05) is 13.2 Å². The third-order valence-electron chi connectivity index (χ3n) is 3.17. The molecule has 1 N–H and O–H groups in total. The summed E-state index contributed by atoms with van der Waals surface area (Å²) in [5, 5.41) is 12.7. The lowest BCUT2D eigenvalue weighted by atomic mass is 10.2. The van der Waals surface area contributed by atoms with Gasteiger partial charge in [0, 0.05) is 22.4 Å². The van der Waals surface area contributed by atoms with Crippen LogP contribution in [0.15, 0.2) is 57.1 Å². The molecule has 0 fully saturated rings. The number of thiophene rings is 1. The summed E-state index contributed by atoms with van der Waals surface area (Å²) in [5.74, 6) is 0.532. The van der Waals surface area contributed by atoms with E-state index in [0.717, 1.165) is 10.3 Å². The Bertz CT molecular complexity index is 809. The van der Waals surface area contributed by atoms with E-state index in [-0.39, 0.29) is 13.2 Å². The van der Waals surface area contributed by atoms with Gasteiger partial charge < -0.3 is 19.0 Å². The van der Waals surface area contributed by atoms with Gasteiger partial charge in [0.2, 0.25) is 0 Å². The van der Waals surface area contributed by atoms with Gasteiger partial charge in [0.25, 0.3) is 0 Å². The Balaban J connectivity index is 1.50. The molecule has 3 rings (SSSR count). The first-order valence-electron chi connectivity index (χ1n) is 7.15. The van der Waals surface area contributed by atoms with Crippen LogP contribution in [0, 0.1) is 0 Å². The summed E-state index contributed by atoms with van der Waals surface area (Å²) >= 11 is 1.61. The van der Waals surface area contributed by atoms with Gasteiger partial charge in [-0.15, -0.1) is 11.3 Å². The van der Waals surface area contributed by atoms with Crippen molar-refractivity contribution in [3.05, 3.63) is 63.1 Å². The Labute approximate surface area is 136 Å². The number of hydrogen-bond donors (Lipinski definition) is 1. The fraction of sp³-hybridized carbons (Fsp3) is 0.235. The maximum absolute atomic E-state index is 11.2. The van der Waals surface area contributed by atoms with Crippen LogP contribution in [0.4, 0.5) is 0 Å². The van der Waals surface area contributed by atoms with Gasteiger partial charge in [-0.3, -0.25) is 0 Å². The van der Waals surface area contributed by atoms with Crippen molar-refractivity contribution < 1.29 is 19.0 Å². The van der Waals surface area contributed by atoms with Crippen LogP contribution in [0.1, 0.15) is 4.88 Å². The van der Waals surface area contributed by atoms with Gasteiger partial charge in [0.05, 0.1) is 13.2 Å². The van der Waals surface area contributed by atoms with Gasteiger partial charge in [0.15, 0.2) is 0 Å². The Kier molecular flexibility index (Phi) is 5.07. The quantitative estimate of drug-likeness (QED) is 0.674. The number of fused-ring (bicyclic) bond motifs is 1. The van der Waals surface area contributed by atoms with Crippen LogP contribution >= 0.6 is 11.3 Å². The van der Waals surface area contributed by atoms with Gasteiger partial charge in [0.1, 0.15) is 24.0 Å². The van der Waals surface area contributed by atoms with Crippen LogP contribution in [0.5, 0.6) is 5.75 Å². The number of rotatable bonds is 7. The molecule has 1 atom stereocenters. The monoisotopic (exact) mass is 332 g/mol. The minimum Gasteiger partial charge on any atom is -0.491 e. The molecular formula is C17H16O5S. The van der Waals surface area contributed by atoms with Crippen molar-refractivity contribution in [2.24, 2.45) is 0 Å². The summed E-state index contributed by atoms with van der Waals surface area (Å²) in [6, 6.07) is 12.2. The molecule has 23 heavy (non-hydrogen) atoms. The number of benzene rings is 1. The first kappa shape index (κ1) is 15.7. The van der Waals surface area contributed by atoms with E-state index >= 15 is 0 Å². The molecule has 0 aliphatic carbocycles. The van der Waals surface area contributed by atoms with E-state index in [4.69, 9.17) is 13.9 Å². The largest absolute Gasteiger partial charge is 0.491 e. The number of ether oxygens (including phenoxy) is 2. The second-order valence-corrected chi connectivity index (χ2v) is 6.05. The summed E-state index contributed by atoms with van der Waals surface area (Å²) < 4.78 is 16.0. The number of hydrogen-bond acceptors (Lipinski definition) is 6. The van der Waals surface area contributed by atoms with Crippen LogP contribution < -0.4 is 10.4 Å². The highest BCUT2D eigenvalue weighted by molar-refractivity contribution is 7.09. The molecule has 3 aromatic rings. The summed E-state index contributed by atoms with van der Waals surface area (Å²) in [6.07, 6.45) is -0.728. The van der Waals surface area contributed by atoms with Crippen molar-refractivity contribution in [3.8, 4) is 5.75 Å². The van der Waals surface area contributed by atoms with Gasteiger partial charge >= 0.3 is 5.63 Å². The van der Waals surface area contributed by atoms with Crippen LogP contribution in [0.25, 0.3) is 11.0 Å². The van der Waals surface area contributed by atoms with Crippen molar-refractivity contribution in [1.82, 2.24) is 0 Å². The zero-order valence-electron chi connectivity index (χ0n) is 12.3. The van der Waals surface area contributed by atoms with E-state index in [1.54, 1.807) is 35.6 Å². The molecule has 0 saturated carbocycles. The third-order valence-corrected chi connectivity index (χ3v) is 4.02. The Morgan fingerprint density at radius 3 is 2.87 bits per heavy atom. The van der Waals surface area contributed by atoms with E-state index in [1.807, 2.05) is 17.5 Å². The molecule has 0 aliphatic rings. The van der Waals surface area contributed by atoms with Crippen molar-refractivity contribution in [2.45, 2.75) is 12.7 Å². The van der Waals surface area contributed by atoms with Gasteiger partial charge in [-0.25, -0.2) is 4.79 Å². The first-order chi connectivity index (χ1) is 11.2. The Morgan fingerprint density at radius 2 is 2.04 bits per heavy atom. The Morgan fingerprint density at radius 1 is 1.17 bits per heavy atom. The van der Waals surface area contributed by atoms with Crippen LogP contribution in [-0.2, 0) is 11.3 Å². The SMILES string of the molecule is O=c1ccc2ccc(OC[C@H](O)COCc3cccs3)cc2o1. The highest BCUT2D eigenvalue weighted by Crippen LogP contribution is 2.19. The molecule has 2 aromatic heterocycles. The molecule has 0 spiro atoms. The third kappa shape index (κ3) is 4.41. The van der Waals surface area contributed by atoms with Gasteiger partial charge in [-0.1, -0.05) is 6.07 Å². The molecule has 0 saturated heterocycles. The van der Waals surface area contributed by atoms with Gasteiger partial charge in [-0.05, 0) is 29.6 Å². The Hall–Kier alpha value is -2.15. The van der Waals surface area contributed by atoms with Crippen LogP contribution in [-0.4, -0.2) is 24.4 Å². The average molecular weight is 332 g/mol. The molecule has 1 aromatic carbocycles. The fourth-order valence-electron chi connectivity index (χ4n) is 2.06. The van der Waals surface area contributed by atoms with Crippen molar-refractivity contribution in [3.63, 3.8) is 0 Å². The second kappa shape index (κ2) is 7.41.